The Hall–Kier alpha value is -3.21. The van der Waals surface area contributed by atoms with Gasteiger partial charge in [0.2, 0.25) is 0 Å². The minimum Gasteiger partial charge on any atom is -0.496 e. The van der Waals surface area contributed by atoms with E-state index >= 15 is 0 Å². The molecule has 1 unspecified atom stereocenters. The zero-order valence-electron chi connectivity index (χ0n) is 15.3. The largest absolute Gasteiger partial charge is 0.496 e. The lowest BCUT2D eigenvalue weighted by molar-refractivity contribution is 0.0941. The molecule has 0 aliphatic carbocycles. The van der Waals surface area contributed by atoms with E-state index < -0.39 is 0 Å². The van der Waals surface area contributed by atoms with Crippen LogP contribution in [0.3, 0.4) is 0 Å². The van der Waals surface area contributed by atoms with Gasteiger partial charge in [-0.2, -0.15) is 0 Å². The molecule has 1 N–H and O–H groups in total. The summed E-state index contributed by atoms with van der Waals surface area (Å²) in [6, 6.07) is 16.9. The van der Waals surface area contributed by atoms with Crippen LogP contribution in [0.1, 0.15) is 28.9 Å². The van der Waals surface area contributed by atoms with Gasteiger partial charge in [0.1, 0.15) is 19.0 Å². The molecular formula is C22H21NO4. The first-order chi connectivity index (χ1) is 13.2. The molecule has 0 fully saturated rings. The number of hydrogen-bond acceptors (Lipinski definition) is 4. The summed E-state index contributed by atoms with van der Waals surface area (Å²) in [5.74, 6) is 2.08. The Morgan fingerprint density at radius 2 is 1.74 bits per heavy atom. The van der Waals surface area contributed by atoms with Crippen LogP contribution in [0.25, 0.3) is 10.8 Å². The summed E-state index contributed by atoms with van der Waals surface area (Å²) in [5, 5.41) is 4.85. The molecule has 0 saturated carbocycles. The third kappa shape index (κ3) is 3.28. The zero-order valence-corrected chi connectivity index (χ0v) is 15.3. The van der Waals surface area contributed by atoms with E-state index in [1.54, 1.807) is 13.2 Å². The summed E-state index contributed by atoms with van der Waals surface area (Å²) < 4.78 is 16.6. The highest BCUT2D eigenvalue weighted by Crippen LogP contribution is 2.33. The maximum absolute atomic E-state index is 12.9. The van der Waals surface area contributed by atoms with E-state index in [-0.39, 0.29) is 11.9 Å². The van der Waals surface area contributed by atoms with Crippen LogP contribution >= 0.6 is 0 Å². The zero-order chi connectivity index (χ0) is 18.8. The smallest absolute Gasteiger partial charge is 0.252 e. The Bertz CT molecular complexity index is 999. The topological polar surface area (TPSA) is 56.8 Å². The lowest BCUT2D eigenvalue weighted by Crippen LogP contribution is -2.27. The molecule has 4 rings (SSSR count). The Morgan fingerprint density at radius 3 is 2.52 bits per heavy atom. The highest BCUT2D eigenvalue weighted by atomic mass is 16.6. The fourth-order valence-electron chi connectivity index (χ4n) is 3.33. The van der Waals surface area contributed by atoms with Crippen molar-refractivity contribution in [2.45, 2.75) is 13.0 Å². The summed E-state index contributed by atoms with van der Waals surface area (Å²) in [6.45, 7) is 3.05. The molecule has 0 spiro atoms. The van der Waals surface area contributed by atoms with Crippen molar-refractivity contribution in [2.24, 2.45) is 0 Å². The maximum atomic E-state index is 12.9. The minimum absolute atomic E-state index is 0.128. The first-order valence-electron chi connectivity index (χ1n) is 8.93. The van der Waals surface area contributed by atoms with Gasteiger partial charge < -0.3 is 19.5 Å². The molecule has 1 amide bonds. The van der Waals surface area contributed by atoms with Gasteiger partial charge in [0, 0.05) is 10.9 Å². The fourth-order valence-corrected chi connectivity index (χ4v) is 3.33. The van der Waals surface area contributed by atoms with E-state index in [1.165, 1.54) is 0 Å². The second-order valence-electron chi connectivity index (χ2n) is 6.46. The second-order valence-corrected chi connectivity index (χ2v) is 6.46. The number of amides is 1. The molecule has 138 valence electrons. The minimum atomic E-state index is -0.172. The summed E-state index contributed by atoms with van der Waals surface area (Å²) in [7, 11) is 1.63. The first-order valence-corrected chi connectivity index (χ1v) is 8.93. The van der Waals surface area contributed by atoms with Gasteiger partial charge >= 0.3 is 0 Å². The normalized spacial score (nSPS) is 13.9. The Kier molecular flexibility index (Phi) is 4.59. The molecule has 0 saturated heterocycles. The summed E-state index contributed by atoms with van der Waals surface area (Å²) in [6.07, 6.45) is 0. The lowest BCUT2D eigenvalue weighted by atomic mass is 10.0. The van der Waals surface area contributed by atoms with Gasteiger partial charge in [0.05, 0.1) is 13.2 Å². The summed E-state index contributed by atoms with van der Waals surface area (Å²) in [4.78, 5) is 12.9. The Balaban J connectivity index is 1.60. The van der Waals surface area contributed by atoms with Crippen LogP contribution in [0.5, 0.6) is 17.2 Å². The van der Waals surface area contributed by atoms with Crippen LogP contribution in [0.4, 0.5) is 0 Å². The number of rotatable bonds is 4. The highest BCUT2D eigenvalue weighted by Gasteiger charge is 2.18. The van der Waals surface area contributed by atoms with Gasteiger partial charge in [0.25, 0.3) is 5.91 Å². The molecule has 0 aromatic heterocycles. The number of benzene rings is 3. The van der Waals surface area contributed by atoms with E-state index in [0.717, 1.165) is 33.6 Å². The van der Waals surface area contributed by atoms with Crippen molar-refractivity contribution in [3.63, 3.8) is 0 Å². The van der Waals surface area contributed by atoms with E-state index in [9.17, 15) is 4.79 Å². The SMILES string of the molecule is COc1ccc(C(=O)NC(C)c2ccc3c(c2)OCCO3)c2ccccc12. The first kappa shape index (κ1) is 17.2. The number of hydrogen-bond donors (Lipinski definition) is 1. The molecule has 1 aliphatic heterocycles. The van der Waals surface area contributed by atoms with E-state index in [0.29, 0.717) is 18.8 Å². The number of nitrogens with one attached hydrogen (secondary N) is 1. The van der Waals surface area contributed by atoms with Crippen LogP contribution in [-0.4, -0.2) is 26.2 Å². The number of fused-ring (bicyclic) bond motifs is 2. The Morgan fingerprint density at radius 1 is 1.00 bits per heavy atom. The number of carbonyl (C=O) groups is 1. The van der Waals surface area contributed by atoms with Gasteiger partial charge in [-0.05, 0) is 42.1 Å². The van der Waals surface area contributed by atoms with Crippen molar-refractivity contribution in [3.05, 3.63) is 65.7 Å². The molecule has 27 heavy (non-hydrogen) atoms. The van der Waals surface area contributed by atoms with Crippen molar-refractivity contribution in [1.29, 1.82) is 0 Å². The average Bonchev–Trinajstić information content (AvgIpc) is 2.72. The molecule has 3 aromatic carbocycles. The van der Waals surface area contributed by atoms with E-state index in [4.69, 9.17) is 14.2 Å². The molecule has 1 heterocycles. The molecular weight excluding hydrogens is 342 g/mol. The fraction of sp³-hybridized carbons (Fsp3) is 0.227. The van der Waals surface area contributed by atoms with Gasteiger partial charge in [-0.1, -0.05) is 30.3 Å². The summed E-state index contributed by atoms with van der Waals surface area (Å²) in [5.41, 5.74) is 1.58. The van der Waals surface area contributed by atoms with Gasteiger partial charge in [-0.25, -0.2) is 0 Å². The average molecular weight is 363 g/mol. The third-order valence-corrected chi connectivity index (χ3v) is 4.76. The van der Waals surface area contributed by atoms with Crippen molar-refractivity contribution in [3.8, 4) is 17.2 Å². The van der Waals surface area contributed by atoms with Gasteiger partial charge in [-0.3, -0.25) is 4.79 Å². The standard InChI is InChI=1S/C22H21NO4/c1-14(15-7-9-20-21(13-15)27-12-11-26-20)23-22(24)18-8-10-19(25-2)17-6-4-3-5-16(17)18/h3-10,13-14H,11-12H2,1-2H3,(H,23,24). The van der Waals surface area contributed by atoms with Crippen LogP contribution in [-0.2, 0) is 0 Å². The van der Waals surface area contributed by atoms with Crippen molar-refractivity contribution < 1.29 is 19.0 Å². The van der Waals surface area contributed by atoms with Crippen molar-refractivity contribution in [2.75, 3.05) is 20.3 Å². The predicted octanol–water partition coefficient (Wildman–Crippen LogP) is 4.11. The third-order valence-electron chi connectivity index (χ3n) is 4.76. The monoisotopic (exact) mass is 363 g/mol. The predicted molar refractivity (Wildman–Crippen MR) is 104 cm³/mol. The number of methoxy groups -OCH3 is 1. The molecule has 1 atom stereocenters. The molecule has 0 radical (unpaired) electrons. The Labute approximate surface area is 157 Å². The molecule has 1 aliphatic rings. The lowest BCUT2D eigenvalue weighted by Gasteiger charge is -2.21. The number of carbonyl (C=O) groups excluding carboxylic acids is 1. The van der Waals surface area contributed by atoms with E-state index in [2.05, 4.69) is 5.32 Å². The van der Waals surface area contributed by atoms with Crippen LogP contribution < -0.4 is 19.5 Å². The quantitative estimate of drug-likeness (QED) is 0.758. The van der Waals surface area contributed by atoms with E-state index in [1.807, 2.05) is 55.5 Å². The van der Waals surface area contributed by atoms with Crippen LogP contribution in [0, 0.1) is 0 Å². The molecule has 0 bridgehead atoms. The van der Waals surface area contributed by atoms with Crippen molar-refractivity contribution in [1.82, 2.24) is 5.32 Å². The summed E-state index contributed by atoms with van der Waals surface area (Å²) >= 11 is 0. The molecule has 5 heteroatoms. The van der Waals surface area contributed by atoms with Crippen LogP contribution in [0.2, 0.25) is 0 Å². The van der Waals surface area contributed by atoms with Crippen molar-refractivity contribution >= 4 is 16.7 Å². The maximum Gasteiger partial charge on any atom is 0.252 e. The molecule has 3 aromatic rings. The van der Waals surface area contributed by atoms with Crippen LogP contribution in [0.15, 0.2) is 54.6 Å². The second kappa shape index (κ2) is 7.19. The molecule has 5 nitrogen and oxygen atoms in total. The van der Waals surface area contributed by atoms with Gasteiger partial charge in [0.15, 0.2) is 11.5 Å². The van der Waals surface area contributed by atoms with Gasteiger partial charge in [-0.15, -0.1) is 0 Å². The number of ether oxygens (including phenoxy) is 3. The highest BCUT2D eigenvalue weighted by molar-refractivity contribution is 6.08.